The number of aromatic nitrogens is 2. The van der Waals surface area contributed by atoms with Gasteiger partial charge in [-0.15, -0.1) is 11.3 Å². The average Bonchev–Trinajstić information content (AvgIpc) is 3.56. The molecule has 2 heterocycles. The minimum absolute atomic E-state index is 0.0631. The zero-order chi connectivity index (χ0) is 22.5. The molecule has 1 N–H and O–H groups in total. The van der Waals surface area contributed by atoms with Crippen LogP contribution < -0.4 is 5.32 Å². The summed E-state index contributed by atoms with van der Waals surface area (Å²) in [6.07, 6.45) is 0.845. The molecule has 5 rings (SSSR count). The maximum atomic E-state index is 12.6. The van der Waals surface area contributed by atoms with Crippen LogP contribution >= 0.6 is 11.3 Å². The summed E-state index contributed by atoms with van der Waals surface area (Å²) in [5.41, 5.74) is 5.61. The molecule has 0 atom stereocenters. The average molecular weight is 450 g/mol. The Hall–Kier alpha value is -3.96. The molecule has 0 aliphatic rings. The van der Waals surface area contributed by atoms with Gasteiger partial charge in [0, 0.05) is 28.1 Å². The molecule has 0 fully saturated rings. The molecule has 1 amide bonds. The van der Waals surface area contributed by atoms with Crippen molar-refractivity contribution in [2.75, 3.05) is 6.54 Å². The Labute approximate surface area is 197 Å². The highest BCUT2D eigenvalue weighted by Gasteiger charge is 2.14. The molecule has 0 bridgehead atoms. The second kappa shape index (κ2) is 9.67. The van der Waals surface area contributed by atoms with E-state index in [4.69, 9.17) is 5.10 Å². The summed E-state index contributed by atoms with van der Waals surface area (Å²) in [5.74, 6) is -0.0631. The van der Waals surface area contributed by atoms with E-state index < -0.39 is 0 Å². The zero-order valence-corrected chi connectivity index (χ0v) is 18.8. The lowest BCUT2D eigenvalue weighted by atomic mass is 10.1. The fourth-order valence-electron chi connectivity index (χ4n) is 3.75. The number of nitrogens with one attached hydrogen (secondary N) is 1. The third kappa shape index (κ3) is 4.78. The molecule has 0 saturated carbocycles. The molecule has 5 aromatic rings. The van der Waals surface area contributed by atoms with Crippen LogP contribution in [0.2, 0.25) is 0 Å². The Balaban J connectivity index is 1.40. The highest BCUT2D eigenvalue weighted by molar-refractivity contribution is 7.09. The summed E-state index contributed by atoms with van der Waals surface area (Å²) in [5, 5.41) is 9.96. The molecular formula is C28H23N3OS. The van der Waals surface area contributed by atoms with E-state index in [9.17, 15) is 4.79 Å². The number of hydrogen-bond donors (Lipinski definition) is 1. The van der Waals surface area contributed by atoms with Crippen molar-refractivity contribution >= 4 is 17.2 Å². The van der Waals surface area contributed by atoms with E-state index in [0.717, 1.165) is 34.6 Å². The monoisotopic (exact) mass is 449 g/mol. The minimum Gasteiger partial charge on any atom is -0.352 e. The van der Waals surface area contributed by atoms with Crippen molar-refractivity contribution in [2.24, 2.45) is 0 Å². The molecule has 0 unspecified atom stereocenters. The first-order valence-electron chi connectivity index (χ1n) is 10.9. The number of benzene rings is 3. The predicted molar refractivity (Wildman–Crippen MR) is 135 cm³/mol. The van der Waals surface area contributed by atoms with Gasteiger partial charge in [0.05, 0.1) is 17.1 Å². The number of hydrogen-bond acceptors (Lipinski definition) is 3. The SMILES string of the molecule is O=C(NCCc1cccs1)c1ccc(-n2nc(-c3ccccc3)cc2-c2ccccc2)cc1. The molecule has 5 heteroatoms. The van der Waals surface area contributed by atoms with E-state index in [0.29, 0.717) is 12.1 Å². The first-order valence-corrected chi connectivity index (χ1v) is 11.8. The van der Waals surface area contributed by atoms with Gasteiger partial charge in [-0.1, -0.05) is 66.7 Å². The van der Waals surface area contributed by atoms with Gasteiger partial charge in [-0.2, -0.15) is 5.10 Å². The van der Waals surface area contributed by atoms with Gasteiger partial charge in [0.2, 0.25) is 0 Å². The number of carbonyl (C=O) groups is 1. The lowest BCUT2D eigenvalue weighted by Crippen LogP contribution is -2.25. The van der Waals surface area contributed by atoms with Crippen LogP contribution in [0.4, 0.5) is 0 Å². The molecule has 3 aromatic carbocycles. The van der Waals surface area contributed by atoms with Crippen LogP contribution in [0, 0.1) is 0 Å². The molecule has 2 aromatic heterocycles. The molecule has 0 aliphatic heterocycles. The van der Waals surface area contributed by atoms with Gasteiger partial charge in [0.1, 0.15) is 0 Å². The third-order valence-corrected chi connectivity index (χ3v) is 6.40. The first kappa shape index (κ1) is 20.9. The van der Waals surface area contributed by atoms with E-state index in [-0.39, 0.29) is 5.91 Å². The van der Waals surface area contributed by atoms with E-state index in [1.807, 2.05) is 71.4 Å². The lowest BCUT2D eigenvalue weighted by Gasteiger charge is -2.09. The van der Waals surface area contributed by atoms with Crippen LogP contribution in [0.3, 0.4) is 0 Å². The number of carbonyl (C=O) groups excluding carboxylic acids is 1. The fourth-order valence-corrected chi connectivity index (χ4v) is 4.46. The van der Waals surface area contributed by atoms with Crippen LogP contribution in [0.15, 0.2) is 109 Å². The van der Waals surface area contributed by atoms with Crippen molar-refractivity contribution in [3.8, 4) is 28.2 Å². The van der Waals surface area contributed by atoms with Gasteiger partial charge >= 0.3 is 0 Å². The molecular weight excluding hydrogens is 426 g/mol. The highest BCUT2D eigenvalue weighted by atomic mass is 32.1. The van der Waals surface area contributed by atoms with Crippen molar-refractivity contribution in [1.82, 2.24) is 15.1 Å². The Morgan fingerprint density at radius 3 is 2.18 bits per heavy atom. The second-order valence-electron chi connectivity index (χ2n) is 7.69. The summed E-state index contributed by atoms with van der Waals surface area (Å²) < 4.78 is 1.94. The third-order valence-electron chi connectivity index (χ3n) is 5.46. The second-order valence-corrected chi connectivity index (χ2v) is 8.72. The summed E-state index contributed by atoms with van der Waals surface area (Å²) in [6.45, 7) is 0.624. The molecule has 162 valence electrons. The Kier molecular flexibility index (Phi) is 6.13. The fraction of sp³-hybridized carbons (Fsp3) is 0.0714. The Morgan fingerprint density at radius 2 is 1.52 bits per heavy atom. The summed E-state index contributed by atoms with van der Waals surface area (Å²) in [4.78, 5) is 13.8. The quantitative estimate of drug-likeness (QED) is 0.320. The normalized spacial score (nSPS) is 10.8. The van der Waals surface area contributed by atoms with Crippen molar-refractivity contribution < 1.29 is 4.79 Å². The van der Waals surface area contributed by atoms with E-state index in [1.165, 1.54) is 4.88 Å². The van der Waals surface area contributed by atoms with Crippen LogP contribution in [0.1, 0.15) is 15.2 Å². The van der Waals surface area contributed by atoms with Gasteiger partial charge in [0.15, 0.2) is 0 Å². The topological polar surface area (TPSA) is 46.9 Å². The number of nitrogens with zero attached hydrogens (tertiary/aromatic N) is 2. The Morgan fingerprint density at radius 1 is 0.818 bits per heavy atom. The summed E-state index contributed by atoms with van der Waals surface area (Å²) >= 11 is 1.71. The van der Waals surface area contributed by atoms with Gasteiger partial charge in [-0.3, -0.25) is 4.79 Å². The van der Waals surface area contributed by atoms with Gasteiger partial charge < -0.3 is 5.32 Å². The summed E-state index contributed by atoms with van der Waals surface area (Å²) in [6, 6.07) is 34.2. The lowest BCUT2D eigenvalue weighted by molar-refractivity contribution is 0.0954. The van der Waals surface area contributed by atoms with Crippen molar-refractivity contribution in [2.45, 2.75) is 6.42 Å². The number of amides is 1. The van der Waals surface area contributed by atoms with Crippen molar-refractivity contribution in [1.29, 1.82) is 0 Å². The maximum Gasteiger partial charge on any atom is 0.251 e. The van der Waals surface area contributed by atoms with E-state index >= 15 is 0 Å². The minimum atomic E-state index is -0.0631. The van der Waals surface area contributed by atoms with Gasteiger partial charge in [-0.05, 0) is 48.2 Å². The van der Waals surface area contributed by atoms with Crippen LogP contribution in [0.5, 0.6) is 0 Å². The van der Waals surface area contributed by atoms with Gasteiger partial charge in [-0.25, -0.2) is 4.68 Å². The molecule has 0 radical (unpaired) electrons. The Bertz CT molecular complexity index is 1330. The van der Waals surface area contributed by atoms with Gasteiger partial charge in [0.25, 0.3) is 5.91 Å². The number of thiophene rings is 1. The van der Waals surface area contributed by atoms with E-state index in [2.05, 4.69) is 47.1 Å². The largest absolute Gasteiger partial charge is 0.352 e. The molecule has 33 heavy (non-hydrogen) atoms. The molecule has 4 nitrogen and oxygen atoms in total. The van der Waals surface area contributed by atoms with Crippen LogP contribution in [0.25, 0.3) is 28.2 Å². The predicted octanol–water partition coefficient (Wildman–Crippen LogP) is 6.24. The van der Waals surface area contributed by atoms with Crippen LogP contribution in [-0.4, -0.2) is 22.2 Å². The number of rotatable bonds is 7. The zero-order valence-electron chi connectivity index (χ0n) is 18.0. The molecule has 0 saturated heterocycles. The summed E-state index contributed by atoms with van der Waals surface area (Å²) in [7, 11) is 0. The highest BCUT2D eigenvalue weighted by Crippen LogP contribution is 2.28. The van der Waals surface area contributed by atoms with E-state index in [1.54, 1.807) is 11.3 Å². The first-order chi connectivity index (χ1) is 16.3. The molecule has 0 aliphatic carbocycles. The van der Waals surface area contributed by atoms with Crippen LogP contribution in [-0.2, 0) is 6.42 Å². The standard InChI is InChI=1S/C28H23N3OS/c32-28(29-18-17-25-12-7-19-33-25)23-13-15-24(16-14-23)31-27(22-10-5-2-6-11-22)20-26(30-31)21-8-3-1-4-9-21/h1-16,19-20H,17-18H2,(H,29,32). The smallest absolute Gasteiger partial charge is 0.251 e. The van der Waals surface area contributed by atoms with Crippen molar-refractivity contribution in [3.63, 3.8) is 0 Å². The molecule has 0 spiro atoms. The maximum absolute atomic E-state index is 12.6. The van der Waals surface area contributed by atoms with Crippen molar-refractivity contribution in [3.05, 3.63) is 119 Å².